The van der Waals surface area contributed by atoms with E-state index in [1.54, 1.807) is 33.5 Å². The van der Waals surface area contributed by atoms with Crippen LogP contribution >= 0.6 is 0 Å². The molecule has 2 N–H and O–H groups in total. The number of carbonyl (C=O) groups is 1. The highest BCUT2D eigenvalue weighted by Crippen LogP contribution is 2.44. The number of nitrogens with one attached hydrogen (secondary N) is 1. The molecule has 1 aliphatic heterocycles. The minimum atomic E-state index is -1.48. The van der Waals surface area contributed by atoms with Crippen molar-refractivity contribution in [3.63, 3.8) is 0 Å². The minimum Gasteiger partial charge on any atom is -0.497 e. The Morgan fingerprint density at radius 3 is 2.38 bits per heavy atom. The van der Waals surface area contributed by atoms with Gasteiger partial charge in [-0.25, -0.2) is 4.99 Å². The molecule has 0 radical (unpaired) electrons. The number of aliphatic imine (C=N–C) groups is 1. The van der Waals surface area contributed by atoms with E-state index in [0.717, 1.165) is 16.7 Å². The molecule has 260 valence electrons. The molecular weight excluding hydrogens is 638 g/mol. The van der Waals surface area contributed by atoms with Crippen molar-refractivity contribution in [3.05, 3.63) is 129 Å². The average molecular weight is 680 g/mol. The third kappa shape index (κ3) is 8.28. The van der Waals surface area contributed by atoms with Gasteiger partial charge in [-0.1, -0.05) is 41.5 Å². The van der Waals surface area contributed by atoms with Crippen molar-refractivity contribution in [2.24, 2.45) is 10.1 Å². The number of azide groups is 1. The van der Waals surface area contributed by atoms with E-state index >= 15 is 0 Å². The first kappa shape index (κ1) is 35.6. The monoisotopic (exact) mass is 679 g/mol. The average Bonchev–Trinajstić information content (AvgIpc) is 3.55. The van der Waals surface area contributed by atoms with Gasteiger partial charge in [-0.05, 0) is 88.8 Å². The van der Waals surface area contributed by atoms with Crippen LogP contribution in [0, 0.1) is 0 Å². The molecule has 0 aromatic heterocycles. The lowest BCUT2D eigenvalue weighted by atomic mass is 9.80. The molecule has 0 unspecified atom stereocenters. The molecule has 4 aromatic carbocycles. The smallest absolute Gasteiger partial charge is 0.252 e. The molecule has 0 saturated carbocycles. The summed E-state index contributed by atoms with van der Waals surface area (Å²) < 4.78 is 28.9. The Morgan fingerprint density at radius 1 is 0.920 bits per heavy atom. The Hall–Kier alpha value is -5.71. The second-order valence-corrected chi connectivity index (χ2v) is 11.6. The number of benzene rings is 4. The third-order valence-corrected chi connectivity index (χ3v) is 8.48. The molecule has 4 aromatic rings. The van der Waals surface area contributed by atoms with Gasteiger partial charge in [0, 0.05) is 36.5 Å². The normalized spacial score (nSPS) is 16.4. The summed E-state index contributed by atoms with van der Waals surface area (Å²) in [6, 6.07) is 27.7. The molecule has 12 heteroatoms. The van der Waals surface area contributed by atoms with Crippen LogP contribution in [0.4, 0.5) is 0 Å². The number of ether oxygens (including phenoxy) is 5. The first-order chi connectivity index (χ1) is 24.4. The maximum absolute atomic E-state index is 14.8. The lowest BCUT2D eigenvalue weighted by Crippen LogP contribution is -2.50. The van der Waals surface area contributed by atoms with Crippen LogP contribution in [0.5, 0.6) is 23.0 Å². The van der Waals surface area contributed by atoms with E-state index in [0.29, 0.717) is 53.6 Å². The van der Waals surface area contributed by atoms with Gasteiger partial charge in [-0.3, -0.25) is 4.79 Å². The third-order valence-electron chi connectivity index (χ3n) is 8.48. The molecule has 1 heterocycles. The number of methoxy groups -OCH3 is 3. The number of rotatable bonds is 17. The topological polar surface area (TPSA) is 157 Å². The van der Waals surface area contributed by atoms with Gasteiger partial charge in [0.25, 0.3) is 5.91 Å². The number of nitrogens with zero attached hydrogens (tertiary/aromatic N) is 4. The van der Waals surface area contributed by atoms with Crippen molar-refractivity contribution in [3.8, 4) is 23.0 Å². The van der Waals surface area contributed by atoms with E-state index in [1.165, 1.54) is 0 Å². The molecule has 1 amide bonds. The summed E-state index contributed by atoms with van der Waals surface area (Å²) in [5, 5.41) is 16.1. The van der Waals surface area contributed by atoms with E-state index in [-0.39, 0.29) is 37.9 Å². The summed E-state index contributed by atoms with van der Waals surface area (Å²) in [5.41, 5.74) is 11.4. The van der Waals surface area contributed by atoms with Gasteiger partial charge in [0.15, 0.2) is 11.6 Å². The molecule has 0 saturated heterocycles. The second-order valence-electron chi connectivity index (χ2n) is 11.6. The number of carbonyl (C=O) groups excluding carboxylic acids is 1. The van der Waals surface area contributed by atoms with E-state index in [2.05, 4.69) is 15.3 Å². The van der Waals surface area contributed by atoms with Crippen LogP contribution in [0.1, 0.15) is 40.3 Å². The fourth-order valence-electron chi connectivity index (χ4n) is 5.91. The van der Waals surface area contributed by atoms with E-state index in [4.69, 9.17) is 39.3 Å². The molecule has 5 rings (SSSR count). The van der Waals surface area contributed by atoms with Crippen molar-refractivity contribution in [2.45, 2.75) is 37.5 Å². The Kier molecular flexibility index (Phi) is 12.2. The van der Waals surface area contributed by atoms with Crippen LogP contribution in [0.2, 0.25) is 0 Å². The Labute approximate surface area is 291 Å². The number of hydrogen-bond acceptors (Lipinski definition) is 9. The predicted molar refractivity (Wildman–Crippen MR) is 189 cm³/mol. The largest absolute Gasteiger partial charge is 0.497 e. The lowest BCUT2D eigenvalue weighted by molar-refractivity contribution is -0.128. The van der Waals surface area contributed by atoms with Crippen molar-refractivity contribution in [1.82, 2.24) is 5.32 Å². The summed E-state index contributed by atoms with van der Waals surface area (Å²) in [5.74, 6) is 2.55. The maximum Gasteiger partial charge on any atom is 0.252 e. The van der Waals surface area contributed by atoms with E-state index < -0.39 is 11.6 Å². The van der Waals surface area contributed by atoms with Crippen molar-refractivity contribution >= 4 is 11.8 Å². The van der Waals surface area contributed by atoms with Crippen LogP contribution < -0.4 is 24.3 Å². The highest BCUT2D eigenvalue weighted by molar-refractivity contribution is 6.01. The highest BCUT2D eigenvalue weighted by Gasteiger charge is 2.53. The van der Waals surface area contributed by atoms with E-state index in [9.17, 15) is 4.79 Å². The van der Waals surface area contributed by atoms with Crippen LogP contribution in [-0.4, -0.2) is 63.5 Å². The van der Waals surface area contributed by atoms with Crippen LogP contribution in [0.3, 0.4) is 0 Å². The summed E-state index contributed by atoms with van der Waals surface area (Å²) in [7, 11) is 4.79. The molecule has 0 bridgehead atoms. The summed E-state index contributed by atoms with van der Waals surface area (Å²) in [6.45, 7) is 0.808. The summed E-state index contributed by atoms with van der Waals surface area (Å²) >= 11 is 0. The molecule has 0 spiro atoms. The van der Waals surface area contributed by atoms with Gasteiger partial charge in [0.05, 0.1) is 34.5 Å². The standard InChI is InChI=1S/C38H41N5O7/c1-46-32-11-6-10-28(23-32)35-38(24-29-8-4-5-9-30(29)25-41-43-39,37(45)40-19-18-27-22-33(47-2)16-17-34(27)48-3)42-36(50-35)26-12-14-31(15-13-26)49-21-7-20-44/h4-6,8-17,22-23,35,44H,7,18-21,24-25H2,1-3H3,(H,40,45)/t35-,38-/m1/s1. The number of aliphatic hydroxyl groups excluding tert-OH is 1. The van der Waals surface area contributed by atoms with Crippen LogP contribution in [-0.2, 0) is 28.9 Å². The van der Waals surface area contributed by atoms with Crippen molar-refractivity contribution < 1.29 is 33.6 Å². The van der Waals surface area contributed by atoms with Crippen LogP contribution in [0.25, 0.3) is 10.4 Å². The maximum atomic E-state index is 14.8. The van der Waals surface area contributed by atoms with Gasteiger partial charge in [-0.2, -0.15) is 0 Å². The molecule has 2 atom stereocenters. The lowest BCUT2D eigenvalue weighted by Gasteiger charge is -2.31. The number of hydrogen-bond donors (Lipinski definition) is 2. The minimum absolute atomic E-state index is 0.0393. The Morgan fingerprint density at radius 2 is 1.66 bits per heavy atom. The first-order valence-electron chi connectivity index (χ1n) is 16.3. The van der Waals surface area contributed by atoms with E-state index in [1.807, 2.05) is 78.9 Å². The van der Waals surface area contributed by atoms with Gasteiger partial charge in [0.2, 0.25) is 5.90 Å². The Balaban J connectivity index is 1.57. The zero-order valence-electron chi connectivity index (χ0n) is 28.4. The van der Waals surface area contributed by atoms with Crippen molar-refractivity contribution in [2.75, 3.05) is 41.1 Å². The summed E-state index contributed by atoms with van der Waals surface area (Å²) in [4.78, 5) is 22.9. The Bertz CT molecular complexity index is 1840. The first-order valence-corrected chi connectivity index (χ1v) is 16.3. The second kappa shape index (κ2) is 17.1. The van der Waals surface area contributed by atoms with Gasteiger partial charge >= 0.3 is 0 Å². The molecule has 0 aliphatic carbocycles. The predicted octanol–water partition coefficient (Wildman–Crippen LogP) is 6.14. The molecule has 12 nitrogen and oxygen atoms in total. The van der Waals surface area contributed by atoms with Gasteiger partial charge in [0.1, 0.15) is 23.0 Å². The molecule has 50 heavy (non-hydrogen) atoms. The highest BCUT2D eigenvalue weighted by atomic mass is 16.5. The molecule has 0 fully saturated rings. The van der Waals surface area contributed by atoms with Crippen LogP contribution in [0.15, 0.2) is 101 Å². The fraction of sp³-hybridized carbons (Fsp3) is 0.316. The van der Waals surface area contributed by atoms with Gasteiger partial charge < -0.3 is 34.1 Å². The SMILES string of the molecule is COc1cccc([C@H]2OC(c3ccc(OCCCO)cc3)=N[C@@]2(Cc2ccccc2CN=[N+]=[N-])C(=O)NCCc2cc(OC)ccc2OC)c1. The number of amides is 1. The molecule has 1 aliphatic rings. The van der Waals surface area contributed by atoms with Gasteiger partial charge in [-0.15, -0.1) is 0 Å². The number of aliphatic hydroxyl groups is 1. The molecular formula is C38H41N5O7. The van der Waals surface area contributed by atoms with Crippen molar-refractivity contribution in [1.29, 1.82) is 0 Å². The summed E-state index contributed by atoms with van der Waals surface area (Å²) in [6.07, 6.45) is 0.274. The zero-order chi connectivity index (χ0) is 35.3. The fourth-order valence-corrected chi connectivity index (χ4v) is 5.91. The quantitative estimate of drug-likeness (QED) is 0.0587. The zero-order valence-corrected chi connectivity index (χ0v) is 28.4.